The fourth-order valence-electron chi connectivity index (χ4n) is 6.79. The number of aryl methyl sites for hydroxylation is 1. The van der Waals surface area contributed by atoms with Gasteiger partial charge in [0.25, 0.3) is 0 Å². The third kappa shape index (κ3) is 8.44. The van der Waals surface area contributed by atoms with Gasteiger partial charge in [-0.1, -0.05) is 133 Å². The largest absolute Gasteiger partial charge is 0.481 e. The molecule has 218 valence electrons. The molecule has 4 heteroatoms. The minimum absolute atomic E-state index is 0.0201. The van der Waals surface area contributed by atoms with Crippen molar-refractivity contribution in [1.82, 2.24) is 0 Å². The summed E-state index contributed by atoms with van der Waals surface area (Å²) >= 11 is 0. The van der Waals surface area contributed by atoms with Gasteiger partial charge in [-0.05, 0) is 54.4 Å². The first-order valence-electron chi connectivity index (χ1n) is 16.2. The summed E-state index contributed by atoms with van der Waals surface area (Å²) in [5.74, 6) is -1.98. The molecule has 1 N–H and O–H groups in total. The van der Waals surface area contributed by atoms with Crippen molar-refractivity contribution >= 4 is 11.9 Å². The van der Waals surface area contributed by atoms with Crippen LogP contribution in [0.25, 0.3) is 0 Å². The number of ether oxygens (including phenoxy) is 1. The maximum atomic E-state index is 13.0. The van der Waals surface area contributed by atoms with E-state index in [1.807, 2.05) is 18.2 Å². The van der Waals surface area contributed by atoms with Gasteiger partial charge < -0.3 is 9.84 Å². The summed E-state index contributed by atoms with van der Waals surface area (Å²) in [5, 5.41) is 10.2. The Hall–Kier alpha value is -2.62. The Morgan fingerprint density at radius 3 is 2.00 bits per heavy atom. The number of carboxylic acids is 1. The maximum Gasteiger partial charge on any atom is 0.310 e. The maximum absolute atomic E-state index is 13.0. The van der Waals surface area contributed by atoms with E-state index in [9.17, 15) is 14.7 Å². The van der Waals surface area contributed by atoms with Crippen LogP contribution in [0.1, 0.15) is 144 Å². The summed E-state index contributed by atoms with van der Waals surface area (Å²) < 4.78 is 6.02. The molecule has 2 aliphatic carbocycles. The number of fused-ring (bicyclic) bond motifs is 1. The molecule has 40 heavy (non-hydrogen) atoms. The van der Waals surface area contributed by atoms with Crippen molar-refractivity contribution in [3.05, 3.63) is 70.8 Å². The minimum atomic E-state index is -0.890. The Bertz CT molecular complexity index is 1050. The van der Waals surface area contributed by atoms with Crippen LogP contribution in [0.5, 0.6) is 0 Å². The first-order chi connectivity index (χ1) is 19.6. The summed E-state index contributed by atoms with van der Waals surface area (Å²) in [6.07, 6.45) is 19.2. The lowest BCUT2D eigenvalue weighted by atomic mass is 9.72. The van der Waals surface area contributed by atoms with Crippen molar-refractivity contribution in [2.24, 2.45) is 11.8 Å². The number of carbonyl (C=O) groups excluding carboxylic acids is 1. The quantitative estimate of drug-likeness (QED) is 0.178. The molecule has 2 aromatic rings. The molecule has 0 amide bonds. The molecule has 4 nitrogen and oxygen atoms in total. The average Bonchev–Trinajstić information content (AvgIpc) is 2.99. The minimum Gasteiger partial charge on any atom is -0.481 e. The number of hydrogen-bond acceptors (Lipinski definition) is 3. The molecule has 2 aromatic carbocycles. The van der Waals surface area contributed by atoms with Crippen LogP contribution in [-0.2, 0) is 20.7 Å². The zero-order valence-electron chi connectivity index (χ0n) is 24.6. The lowest BCUT2D eigenvalue weighted by molar-refractivity contribution is -0.165. The van der Waals surface area contributed by atoms with Crippen LogP contribution in [0.2, 0.25) is 0 Å². The SMILES string of the molecule is CCCCCCCCCCCCc1ccc(C2CC(C(=O)O)C(OC(=O)C3CCCCC3)c3ccccc32)cc1. The van der Waals surface area contributed by atoms with Crippen LogP contribution in [0, 0.1) is 11.8 Å². The Morgan fingerprint density at radius 2 is 1.38 bits per heavy atom. The van der Waals surface area contributed by atoms with Crippen LogP contribution in [0.4, 0.5) is 0 Å². The molecule has 0 radical (unpaired) electrons. The van der Waals surface area contributed by atoms with E-state index in [-0.39, 0.29) is 17.8 Å². The van der Waals surface area contributed by atoms with Gasteiger partial charge in [0.05, 0.1) is 11.8 Å². The average molecular weight is 547 g/mol. The van der Waals surface area contributed by atoms with E-state index in [1.54, 1.807) is 0 Å². The van der Waals surface area contributed by atoms with Gasteiger partial charge in [-0.3, -0.25) is 9.59 Å². The van der Waals surface area contributed by atoms with Gasteiger partial charge in [-0.15, -0.1) is 0 Å². The number of rotatable bonds is 15. The molecule has 0 heterocycles. The molecular weight excluding hydrogens is 496 g/mol. The van der Waals surface area contributed by atoms with Crippen molar-refractivity contribution in [3.63, 3.8) is 0 Å². The normalized spacial score (nSPS) is 21.1. The monoisotopic (exact) mass is 546 g/mol. The third-order valence-electron chi connectivity index (χ3n) is 9.23. The molecule has 0 saturated heterocycles. The lowest BCUT2D eigenvalue weighted by Gasteiger charge is -2.36. The van der Waals surface area contributed by atoms with Crippen LogP contribution < -0.4 is 0 Å². The molecule has 1 saturated carbocycles. The number of carboxylic acid groups (broad SMARTS) is 1. The molecule has 2 aliphatic rings. The summed E-state index contributed by atoms with van der Waals surface area (Å²) in [6.45, 7) is 2.27. The van der Waals surface area contributed by atoms with E-state index in [0.717, 1.165) is 55.2 Å². The summed E-state index contributed by atoms with van der Waals surface area (Å²) in [5.41, 5.74) is 4.43. The molecule has 4 rings (SSSR count). The Balaban J connectivity index is 1.34. The van der Waals surface area contributed by atoms with E-state index in [1.165, 1.54) is 69.8 Å². The van der Waals surface area contributed by atoms with Crippen LogP contribution in [0.3, 0.4) is 0 Å². The Morgan fingerprint density at radius 1 is 0.775 bits per heavy atom. The molecule has 0 aromatic heterocycles. The van der Waals surface area contributed by atoms with Gasteiger partial charge >= 0.3 is 11.9 Å². The first-order valence-corrected chi connectivity index (χ1v) is 16.2. The topological polar surface area (TPSA) is 63.6 Å². The van der Waals surface area contributed by atoms with Gasteiger partial charge in [0.2, 0.25) is 0 Å². The highest BCUT2D eigenvalue weighted by Crippen LogP contribution is 2.46. The second-order valence-corrected chi connectivity index (χ2v) is 12.2. The van der Waals surface area contributed by atoms with Crippen molar-refractivity contribution in [1.29, 1.82) is 0 Å². The predicted octanol–water partition coefficient (Wildman–Crippen LogP) is 9.55. The molecule has 1 fully saturated rings. The number of hydrogen-bond donors (Lipinski definition) is 1. The standard InChI is InChI=1S/C36H50O4/c1-2-3-4-5-6-7-8-9-10-12-17-27-22-24-28(25-23-27)32-26-33(35(37)38)34(31-21-16-15-20-30(31)32)40-36(39)29-18-13-11-14-19-29/h15-16,20-25,29,32-34H,2-14,17-19,26H2,1H3,(H,37,38). The molecule has 0 spiro atoms. The molecule has 3 unspecified atom stereocenters. The van der Waals surface area contributed by atoms with Crippen molar-refractivity contribution in [3.8, 4) is 0 Å². The van der Waals surface area contributed by atoms with E-state index < -0.39 is 18.0 Å². The Kier molecular flexibility index (Phi) is 12.1. The van der Waals surface area contributed by atoms with Crippen LogP contribution in [-0.4, -0.2) is 17.0 Å². The van der Waals surface area contributed by atoms with Crippen LogP contribution in [0.15, 0.2) is 48.5 Å². The predicted molar refractivity (Wildman–Crippen MR) is 161 cm³/mol. The van der Waals surface area contributed by atoms with Gasteiger partial charge in [0.15, 0.2) is 0 Å². The summed E-state index contributed by atoms with van der Waals surface area (Å²) in [4.78, 5) is 25.5. The van der Waals surface area contributed by atoms with Gasteiger partial charge in [-0.25, -0.2) is 0 Å². The van der Waals surface area contributed by atoms with Gasteiger partial charge in [0.1, 0.15) is 6.10 Å². The van der Waals surface area contributed by atoms with E-state index >= 15 is 0 Å². The highest BCUT2D eigenvalue weighted by atomic mass is 16.5. The lowest BCUT2D eigenvalue weighted by Crippen LogP contribution is -2.34. The molecule has 0 bridgehead atoms. The molecular formula is C36H50O4. The van der Waals surface area contributed by atoms with Crippen molar-refractivity contribution in [2.75, 3.05) is 0 Å². The summed E-state index contributed by atoms with van der Waals surface area (Å²) in [6, 6.07) is 16.8. The second-order valence-electron chi connectivity index (χ2n) is 12.2. The van der Waals surface area contributed by atoms with E-state index in [0.29, 0.717) is 6.42 Å². The van der Waals surface area contributed by atoms with E-state index in [2.05, 4.69) is 37.3 Å². The van der Waals surface area contributed by atoms with Crippen molar-refractivity contribution < 1.29 is 19.4 Å². The fraction of sp³-hybridized carbons (Fsp3) is 0.611. The first kappa shape index (κ1) is 30.3. The number of carbonyl (C=O) groups is 2. The number of unbranched alkanes of at least 4 members (excludes halogenated alkanes) is 9. The fourth-order valence-corrected chi connectivity index (χ4v) is 6.79. The molecule has 0 aliphatic heterocycles. The zero-order valence-corrected chi connectivity index (χ0v) is 24.6. The Labute approximate surface area is 241 Å². The highest BCUT2D eigenvalue weighted by Gasteiger charge is 2.42. The van der Waals surface area contributed by atoms with E-state index in [4.69, 9.17) is 4.74 Å². The summed E-state index contributed by atoms with van der Waals surface area (Å²) in [7, 11) is 0. The third-order valence-corrected chi connectivity index (χ3v) is 9.23. The number of benzene rings is 2. The van der Waals surface area contributed by atoms with Gasteiger partial charge in [0, 0.05) is 5.92 Å². The number of aliphatic carboxylic acids is 1. The van der Waals surface area contributed by atoms with Crippen LogP contribution >= 0.6 is 0 Å². The highest BCUT2D eigenvalue weighted by molar-refractivity contribution is 5.76. The second kappa shape index (κ2) is 16.0. The molecule has 3 atom stereocenters. The van der Waals surface area contributed by atoms with Crippen molar-refractivity contribution in [2.45, 2.75) is 128 Å². The van der Waals surface area contributed by atoms with Gasteiger partial charge in [-0.2, -0.15) is 0 Å². The smallest absolute Gasteiger partial charge is 0.310 e. The number of esters is 1. The zero-order chi connectivity index (χ0) is 28.2.